The molecule has 0 aromatic heterocycles. The number of hydrogen-bond donors (Lipinski definition) is 3. The fraction of sp³-hybridized carbons (Fsp3) is 0.133. The topological polar surface area (TPSA) is 84.2 Å². The number of benzene rings is 2. The summed E-state index contributed by atoms with van der Waals surface area (Å²) in [5, 5.41) is 12.3. The van der Waals surface area contributed by atoms with Gasteiger partial charge in [-0.25, -0.2) is 13.6 Å². The molecule has 0 aliphatic carbocycles. The van der Waals surface area contributed by atoms with Gasteiger partial charge in [0, 0.05) is 17.3 Å². The Labute approximate surface area is 145 Å². The number of hydrogen-bond acceptors (Lipinski definition) is 3. The monoisotopic (exact) mass is 369 g/mol. The van der Waals surface area contributed by atoms with Crippen LogP contribution in [0.25, 0.3) is 0 Å². The van der Waals surface area contributed by atoms with Crippen LogP contribution in [0.2, 0.25) is 5.02 Å². The number of rotatable bonds is 5. The lowest BCUT2D eigenvalue weighted by Gasteiger charge is -2.11. The second-order valence-corrected chi connectivity index (χ2v) is 7.23. The number of halogens is 1. The molecule has 8 heteroatoms. The molecule has 5 nitrogen and oxygen atoms in total. The molecule has 4 N–H and O–H groups in total. The molecule has 0 atom stereocenters. The van der Waals surface area contributed by atoms with Crippen molar-refractivity contribution in [2.75, 3.05) is 11.9 Å². The summed E-state index contributed by atoms with van der Waals surface area (Å²) in [6, 6.07) is 13.7. The average Bonchev–Trinajstić information content (AvgIpc) is 2.49. The molecule has 0 saturated carbocycles. The zero-order valence-corrected chi connectivity index (χ0v) is 14.5. The number of primary sulfonamides is 1. The van der Waals surface area contributed by atoms with Crippen LogP contribution in [0.15, 0.2) is 53.4 Å². The maximum atomic E-state index is 11.2. The van der Waals surface area contributed by atoms with Gasteiger partial charge in [0.25, 0.3) is 0 Å². The molecule has 0 aliphatic heterocycles. The second-order valence-electron chi connectivity index (χ2n) is 4.83. The normalized spacial score (nSPS) is 11.0. The van der Waals surface area contributed by atoms with E-state index in [0.29, 0.717) is 22.4 Å². The summed E-state index contributed by atoms with van der Waals surface area (Å²) in [5.41, 5.74) is 1.84. The third kappa shape index (κ3) is 5.80. The zero-order valence-electron chi connectivity index (χ0n) is 12.1. The van der Waals surface area contributed by atoms with Crippen LogP contribution in [-0.4, -0.2) is 20.1 Å². The highest BCUT2D eigenvalue weighted by molar-refractivity contribution is 7.89. The average molecular weight is 370 g/mol. The van der Waals surface area contributed by atoms with Crippen molar-refractivity contribution in [3.05, 3.63) is 59.1 Å². The Kier molecular flexibility index (Phi) is 5.95. The summed E-state index contributed by atoms with van der Waals surface area (Å²) in [6.07, 6.45) is 0.809. The Hall–Kier alpha value is -1.67. The van der Waals surface area contributed by atoms with Crippen LogP contribution < -0.4 is 15.8 Å². The summed E-state index contributed by atoms with van der Waals surface area (Å²) in [5.74, 6) is 0. The molecule has 0 aliphatic rings. The van der Waals surface area contributed by atoms with Crippen LogP contribution >= 0.6 is 23.8 Å². The first-order valence-corrected chi connectivity index (χ1v) is 9.10. The van der Waals surface area contributed by atoms with Gasteiger partial charge in [0.05, 0.1) is 4.90 Å². The lowest BCUT2D eigenvalue weighted by atomic mass is 10.1. The van der Waals surface area contributed by atoms with Crippen molar-refractivity contribution < 1.29 is 8.42 Å². The minimum Gasteiger partial charge on any atom is -0.362 e. The molecule has 0 heterocycles. The Morgan fingerprint density at radius 2 is 1.70 bits per heavy atom. The van der Waals surface area contributed by atoms with Gasteiger partial charge in [-0.2, -0.15) is 0 Å². The van der Waals surface area contributed by atoms with Crippen LogP contribution in [0.5, 0.6) is 0 Å². The van der Waals surface area contributed by atoms with Crippen molar-refractivity contribution in [2.45, 2.75) is 11.3 Å². The van der Waals surface area contributed by atoms with Crippen molar-refractivity contribution in [1.29, 1.82) is 0 Å². The molecule has 0 fully saturated rings. The largest absolute Gasteiger partial charge is 0.362 e. The maximum Gasteiger partial charge on any atom is 0.238 e. The Balaban J connectivity index is 1.81. The van der Waals surface area contributed by atoms with Crippen molar-refractivity contribution in [3.63, 3.8) is 0 Å². The fourth-order valence-electron chi connectivity index (χ4n) is 1.87. The first kappa shape index (κ1) is 17.7. The van der Waals surface area contributed by atoms with E-state index in [0.717, 1.165) is 12.0 Å². The number of nitrogens with two attached hydrogens (primary N) is 1. The van der Waals surface area contributed by atoms with E-state index in [1.54, 1.807) is 12.1 Å². The van der Waals surface area contributed by atoms with Crippen molar-refractivity contribution >= 4 is 44.6 Å². The van der Waals surface area contributed by atoms with Crippen molar-refractivity contribution in [3.8, 4) is 0 Å². The van der Waals surface area contributed by atoms with E-state index in [1.807, 2.05) is 24.3 Å². The van der Waals surface area contributed by atoms with E-state index in [1.165, 1.54) is 12.1 Å². The van der Waals surface area contributed by atoms with E-state index in [-0.39, 0.29) is 4.90 Å². The standard InChI is InChI=1S/C15H16ClN3O2S2/c16-12-3-1-11(2-4-12)9-10-18-15(22)19-13-5-7-14(8-6-13)23(17,20)21/h1-8H,9-10H2,(H2,17,20,21)(H2,18,19,22). The molecule has 2 aromatic rings. The third-order valence-corrected chi connectivity index (χ3v) is 4.48. The molecule has 2 rings (SSSR count). The fourth-order valence-corrected chi connectivity index (χ4v) is 2.74. The second kappa shape index (κ2) is 7.74. The van der Waals surface area contributed by atoms with Gasteiger partial charge in [-0.1, -0.05) is 23.7 Å². The van der Waals surface area contributed by atoms with Crippen LogP contribution in [0, 0.1) is 0 Å². The number of nitrogens with one attached hydrogen (secondary N) is 2. The summed E-state index contributed by atoms with van der Waals surface area (Å²) in [6.45, 7) is 0.669. The summed E-state index contributed by atoms with van der Waals surface area (Å²) in [7, 11) is -3.68. The minimum absolute atomic E-state index is 0.0599. The van der Waals surface area contributed by atoms with E-state index in [4.69, 9.17) is 29.0 Å². The molecule has 122 valence electrons. The van der Waals surface area contributed by atoms with Crippen molar-refractivity contribution in [2.24, 2.45) is 5.14 Å². The van der Waals surface area contributed by atoms with Crippen LogP contribution in [0.3, 0.4) is 0 Å². The van der Waals surface area contributed by atoms with Gasteiger partial charge in [-0.05, 0) is 60.6 Å². The number of anilines is 1. The highest BCUT2D eigenvalue weighted by atomic mass is 35.5. The predicted molar refractivity (Wildman–Crippen MR) is 97.2 cm³/mol. The molecular weight excluding hydrogens is 354 g/mol. The van der Waals surface area contributed by atoms with Crippen molar-refractivity contribution in [1.82, 2.24) is 5.32 Å². The lowest BCUT2D eigenvalue weighted by molar-refractivity contribution is 0.598. The van der Waals surface area contributed by atoms with E-state index < -0.39 is 10.0 Å². The molecule has 0 bridgehead atoms. The summed E-state index contributed by atoms with van der Waals surface area (Å²) in [4.78, 5) is 0.0599. The molecule has 0 spiro atoms. The predicted octanol–water partition coefficient (Wildman–Crippen LogP) is 2.52. The lowest BCUT2D eigenvalue weighted by Crippen LogP contribution is -2.30. The Bertz CT molecular complexity index is 775. The van der Waals surface area contributed by atoms with Gasteiger partial charge in [-0.15, -0.1) is 0 Å². The molecule has 0 radical (unpaired) electrons. The molecule has 0 saturated heterocycles. The van der Waals surface area contributed by atoms with Gasteiger partial charge in [0.15, 0.2) is 5.11 Å². The Morgan fingerprint density at radius 1 is 1.09 bits per heavy atom. The smallest absolute Gasteiger partial charge is 0.238 e. The maximum absolute atomic E-state index is 11.2. The van der Waals surface area contributed by atoms with Gasteiger partial charge in [-0.3, -0.25) is 0 Å². The molecule has 0 unspecified atom stereocenters. The van der Waals surface area contributed by atoms with Crippen LogP contribution in [0.1, 0.15) is 5.56 Å². The molecule has 0 amide bonds. The van der Waals surface area contributed by atoms with Crippen LogP contribution in [0.4, 0.5) is 5.69 Å². The van der Waals surface area contributed by atoms with Gasteiger partial charge in [0.2, 0.25) is 10.0 Å². The van der Waals surface area contributed by atoms with Gasteiger partial charge < -0.3 is 10.6 Å². The van der Waals surface area contributed by atoms with Crippen LogP contribution in [-0.2, 0) is 16.4 Å². The Morgan fingerprint density at radius 3 is 2.26 bits per heavy atom. The first-order valence-electron chi connectivity index (χ1n) is 6.77. The van der Waals surface area contributed by atoms with E-state index >= 15 is 0 Å². The minimum atomic E-state index is -3.68. The highest BCUT2D eigenvalue weighted by Crippen LogP contribution is 2.12. The first-order chi connectivity index (χ1) is 10.8. The molecule has 2 aromatic carbocycles. The third-order valence-electron chi connectivity index (χ3n) is 3.05. The highest BCUT2D eigenvalue weighted by Gasteiger charge is 2.07. The molecular formula is C15H16ClN3O2S2. The SMILES string of the molecule is NS(=O)(=O)c1ccc(NC(=S)NCCc2ccc(Cl)cc2)cc1. The quantitative estimate of drug-likeness (QED) is 0.705. The number of thiocarbonyl (C=S) groups is 1. The zero-order chi connectivity index (χ0) is 16.9. The summed E-state index contributed by atoms with van der Waals surface area (Å²) >= 11 is 11.0. The van der Waals surface area contributed by atoms with E-state index in [2.05, 4.69) is 10.6 Å². The summed E-state index contributed by atoms with van der Waals surface area (Å²) < 4.78 is 22.3. The van der Waals surface area contributed by atoms with Gasteiger partial charge in [0.1, 0.15) is 0 Å². The molecule has 23 heavy (non-hydrogen) atoms. The van der Waals surface area contributed by atoms with E-state index in [9.17, 15) is 8.42 Å². The van der Waals surface area contributed by atoms with Gasteiger partial charge >= 0.3 is 0 Å². The number of sulfonamides is 1.